The Labute approximate surface area is 87.7 Å². The number of pyridine rings is 1. The zero-order valence-corrected chi connectivity index (χ0v) is 8.50. The maximum Gasteiger partial charge on any atom is 0.256 e. The number of rotatable bonds is 1. The van der Waals surface area contributed by atoms with E-state index in [-0.39, 0.29) is 5.91 Å². The molecule has 1 aromatic rings. The number of carbonyl (C=O) groups is 1. The van der Waals surface area contributed by atoms with E-state index in [9.17, 15) is 4.79 Å². The molecule has 0 spiro atoms. The molecule has 4 heteroatoms. The molecule has 0 saturated carbocycles. The second kappa shape index (κ2) is 3.96. The molecule has 0 unspecified atom stereocenters. The predicted octanol–water partition coefficient (Wildman–Crippen LogP) is 1.97. The van der Waals surface area contributed by atoms with Gasteiger partial charge in [-0.1, -0.05) is 11.6 Å². The van der Waals surface area contributed by atoms with Crippen molar-refractivity contribution in [3.05, 3.63) is 29.0 Å². The Balaban J connectivity index is 2.22. The number of aromatic nitrogens is 1. The molecule has 0 N–H and O–H groups in total. The minimum atomic E-state index is 0.000556. The smallest absolute Gasteiger partial charge is 0.256 e. The predicted molar refractivity (Wildman–Crippen MR) is 54.4 cm³/mol. The van der Waals surface area contributed by atoms with Gasteiger partial charge in [0.1, 0.15) is 5.15 Å². The normalized spacial score (nSPS) is 15.9. The first kappa shape index (κ1) is 9.46. The lowest BCUT2D eigenvalue weighted by molar-refractivity contribution is 0.0792. The second-order valence-corrected chi connectivity index (χ2v) is 3.70. The van der Waals surface area contributed by atoms with Gasteiger partial charge in [0.25, 0.3) is 5.91 Å². The summed E-state index contributed by atoms with van der Waals surface area (Å²) in [5, 5.41) is 0.296. The van der Waals surface area contributed by atoms with Gasteiger partial charge in [0, 0.05) is 19.3 Å². The summed E-state index contributed by atoms with van der Waals surface area (Å²) in [5.41, 5.74) is 0.510. The van der Waals surface area contributed by atoms with Gasteiger partial charge in [0.05, 0.1) is 5.56 Å². The fraction of sp³-hybridized carbons (Fsp3) is 0.400. The Bertz CT molecular complexity index is 348. The third-order valence-corrected chi connectivity index (χ3v) is 2.68. The van der Waals surface area contributed by atoms with Crippen LogP contribution in [0.1, 0.15) is 23.2 Å². The van der Waals surface area contributed by atoms with E-state index < -0.39 is 0 Å². The molecule has 3 nitrogen and oxygen atoms in total. The minimum absolute atomic E-state index is 0.000556. The van der Waals surface area contributed by atoms with Crippen LogP contribution in [0.15, 0.2) is 18.3 Å². The first-order chi connectivity index (χ1) is 6.79. The van der Waals surface area contributed by atoms with Gasteiger partial charge < -0.3 is 4.90 Å². The molecule has 1 aliphatic heterocycles. The lowest BCUT2D eigenvalue weighted by atomic mass is 10.2. The van der Waals surface area contributed by atoms with Gasteiger partial charge >= 0.3 is 0 Å². The van der Waals surface area contributed by atoms with Crippen molar-refractivity contribution < 1.29 is 4.79 Å². The molecule has 0 atom stereocenters. The summed E-state index contributed by atoms with van der Waals surface area (Å²) in [7, 11) is 0. The molecule has 1 fully saturated rings. The molecular weight excluding hydrogens is 200 g/mol. The van der Waals surface area contributed by atoms with Crippen LogP contribution >= 0.6 is 11.6 Å². The summed E-state index contributed by atoms with van der Waals surface area (Å²) in [6.45, 7) is 1.67. The fourth-order valence-electron chi connectivity index (χ4n) is 1.64. The van der Waals surface area contributed by atoms with Crippen LogP contribution in [0.2, 0.25) is 5.15 Å². The van der Waals surface area contributed by atoms with Crippen molar-refractivity contribution in [2.75, 3.05) is 13.1 Å². The van der Waals surface area contributed by atoms with Gasteiger partial charge in [-0.3, -0.25) is 4.79 Å². The van der Waals surface area contributed by atoms with Crippen molar-refractivity contribution in [2.24, 2.45) is 0 Å². The van der Waals surface area contributed by atoms with Crippen LogP contribution in [0.25, 0.3) is 0 Å². The minimum Gasteiger partial charge on any atom is -0.339 e. The van der Waals surface area contributed by atoms with Gasteiger partial charge in [-0.15, -0.1) is 0 Å². The molecular formula is C10H11ClN2O. The van der Waals surface area contributed by atoms with Crippen LogP contribution < -0.4 is 0 Å². The van der Waals surface area contributed by atoms with Gasteiger partial charge in [0.15, 0.2) is 0 Å². The molecule has 0 aromatic carbocycles. The van der Waals surface area contributed by atoms with E-state index in [1.54, 1.807) is 18.3 Å². The van der Waals surface area contributed by atoms with Gasteiger partial charge in [0.2, 0.25) is 0 Å². The van der Waals surface area contributed by atoms with E-state index in [2.05, 4.69) is 4.98 Å². The monoisotopic (exact) mass is 210 g/mol. The third-order valence-electron chi connectivity index (χ3n) is 2.38. The lowest BCUT2D eigenvalue weighted by Crippen LogP contribution is -2.27. The quantitative estimate of drug-likeness (QED) is 0.664. The van der Waals surface area contributed by atoms with Crippen molar-refractivity contribution >= 4 is 17.5 Å². The Hall–Kier alpha value is -1.09. The highest BCUT2D eigenvalue weighted by molar-refractivity contribution is 6.32. The Morgan fingerprint density at radius 1 is 1.43 bits per heavy atom. The van der Waals surface area contributed by atoms with E-state index in [0.29, 0.717) is 10.7 Å². The fourth-order valence-corrected chi connectivity index (χ4v) is 1.84. The van der Waals surface area contributed by atoms with E-state index in [1.165, 1.54) is 0 Å². The standard InChI is InChI=1S/C10H11ClN2O/c11-9-8(4-3-5-12-9)10(14)13-6-1-2-7-13/h3-5H,1-2,6-7H2. The Kier molecular flexibility index (Phi) is 2.68. The molecule has 14 heavy (non-hydrogen) atoms. The number of nitrogens with zero attached hydrogens (tertiary/aromatic N) is 2. The molecule has 0 bridgehead atoms. The van der Waals surface area contributed by atoms with Crippen LogP contribution in [-0.2, 0) is 0 Å². The number of halogens is 1. The van der Waals surface area contributed by atoms with E-state index >= 15 is 0 Å². The lowest BCUT2D eigenvalue weighted by Gasteiger charge is -2.15. The summed E-state index contributed by atoms with van der Waals surface area (Å²) in [4.78, 5) is 17.6. The molecule has 1 aromatic heterocycles. The summed E-state index contributed by atoms with van der Waals surface area (Å²) in [6, 6.07) is 3.45. The first-order valence-electron chi connectivity index (χ1n) is 4.69. The SMILES string of the molecule is O=C(c1cccnc1Cl)N1CCCC1. The van der Waals surface area contributed by atoms with Crippen LogP contribution in [0.5, 0.6) is 0 Å². The first-order valence-corrected chi connectivity index (χ1v) is 5.06. The molecule has 2 heterocycles. The van der Waals surface area contributed by atoms with Gasteiger partial charge in [-0.25, -0.2) is 4.98 Å². The van der Waals surface area contributed by atoms with Crippen molar-refractivity contribution in [2.45, 2.75) is 12.8 Å². The van der Waals surface area contributed by atoms with Gasteiger partial charge in [-0.05, 0) is 25.0 Å². The molecule has 0 aliphatic carbocycles. The van der Waals surface area contributed by atoms with Crippen LogP contribution in [0.3, 0.4) is 0 Å². The number of amides is 1. The van der Waals surface area contributed by atoms with Crippen molar-refractivity contribution in [1.29, 1.82) is 0 Å². The van der Waals surface area contributed by atoms with Crippen LogP contribution in [0.4, 0.5) is 0 Å². The molecule has 1 saturated heterocycles. The van der Waals surface area contributed by atoms with Crippen molar-refractivity contribution in [3.8, 4) is 0 Å². The molecule has 1 amide bonds. The highest BCUT2D eigenvalue weighted by Gasteiger charge is 2.21. The summed E-state index contributed by atoms with van der Waals surface area (Å²) < 4.78 is 0. The average Bonchev–Trinajstić information content (AvgIpc) is 2.70. The maximum atomic E-state index is 11.9. The van der Waals surface area contributed by atoms with Crippen LogP contribution in [-0.4, -0.2) is 28.9 Å². The molecule has 1 aliphatic rings. The number of carbonyl (C=O) groups excluding carboxylic acids is 1. The molecule has 74 valence electrons. The Morgan fingerprint density at radius 3 is 2.79 bits per heavy atom. The Morgan fingerprint density at radius 2 is 2.14 bits per heavy atom. The largest absolute Gasteiger partial charge is 0.339 e. The number of hydrogen-bond acceptors (Lipinski definition) is 2. The topological polar surface area (TPSA) is 33.2 Å². The van der Waals surface area contributed by atoms with Crippen LogP contribution in [0, 0.1) is 0 Å². The van der Waals surface area contributed by atoms with Crippen molar-refractivity contribution in [1.82, 2.24) is 9.88 Å². The van der Waals surface area contributed by atoms with E-state index in [1.807, 2.05) is 4.90 Å². The summed E-state index contributed by atoms with van der Waals surface area (Å²) in [5.74, 6) is 0.000556. The second-order valence-electron chi connectivity index (χ2n) is 3.34. The summed E-state index contributed by atoms with van der Waals surface area (Å²) in [6.07, 6.45) is 3.76. The molecule has 2 rings (SSSR count). The zero-order valence-electron chi connectivity index (χ0n) is 7.74. The van der Waals surface area contributed by atoms with E-state index in [0.717, 1.165) is 25.9 Å². The molecule has 0 radical (unpaired) electrons. The third kappa shape index (κ3) is 1.73. The zero-order chi connectivity index (χ0) is 9.97. The average molecular weight is 211 g/mol. The highest BCUT2D eigenvalue weighted by atomic mass is 35.5. The summed E-state index contributed by atoms with van der Waals surface area (Å²) >= 11 is 5.84. The van der Waals surface area contributed by atoms with E-state index in [4.69, 9.17) is 11.6 Å². The number of likely N-dealkylation sites (tertiary alicyclic amines) is 1. The van der Waals surface area contributed by atoms with Gasteiger partial charge in [-0.2, -0.15) is 0 Å². The number of hydrogen-bond donors (Lipinski definition) is 0. The van der Waals surface area contributed by atoms with Crippen molar-refractivity contribution in [3.63, 3.8) is 0 Å². The highest BCUT2D eigenvalue weighted by Crippen LogP contribution is 2.17. The maximum absolute atomic E-state index is 11.9.